The van der Waals surface area contributed by atoms with Crippen molar-refractivity contribution in [3.05, 3.63) is 76.0 Å². The molecule has 2 aliphatic heterocycles. The molecule has 1 saturated heterocycles. The van der Waals surface area contributed by atoms with E-state index in [-0.39, 0.29) is 36.3 Å². The number of nitrogens with one attached hydrogen (secondary N) is 2. The molecule has 168 valence electrons. The Bertz CT molecular complexity index is 1160. The molecule has 0 aliphatic carbocycles. The maximum atomic E-state index is 12.7. The lowest BCUT2D eigenvalue weighted by Gasteiger charge is -2.43. The lowest BCUT2D eigenvalue weighted by molar-refractivity contribution is -0.120. The van der Waals surface area contributed by atoms with Crippen LogP contribution in [0.3, 0.4) is 0 Å². The molecule has 7 nitrogen and oxygen atoms in total. The molecule has 3 aromatic rings. The van der Waals surface area contributed by atoms with Crippen LogP contribution in [0.4, 0.5) is 0 Å². The van der Waals surface area contributed by atoms with Crippen molar-refractivity contribution in [2.24, 2.45) is 5.92 Å². The Morgan fingerprint density at radius 1 is 1.19 bits per heavy atom. The van der Waals surface area contributed by atoms with Crippen LogP contribution >= 0.6 is 12.4 Å². The van der Waals surface area contributed by atoms with Crippen molar-refractivity contribution in [2.45, 2.75) is 31.7 Å². The van der Waals surface area contributed by atoms with Crippen LogP contribution in [-0.2, 0) is 11.2 Å². The second-order valence-corrected chi connectivity index (χ2v) is 8.45. The molecule has 2 bridgehead atoms. The smallest absolute Gasteiger partial charge is 0.251 e. The summed E-state index contributed by atoms with van der Waals surface area (Å²) < 4.78 is 7.66. The number of aromatic nitrogens is 2. The highest BCUT2D eigenvalue weighted by Crippen LogP contribution is 2.38. The van der Waals surface area contributed by atoms with Crippen molar-refractivity contribution >= 4 is 18.3 Å². The molecule has 4 heterocycles. The van der Waals surface area contributed by atoms with Crippen LogP contribution < -0.4 is 16.2 Å². The fourth-order valence-electron chi connectivity index (χ4n) is 4.90. The second kappa shape index (κ2) is 9.30. The van der Waals surface area contributed by atoms with Gasteiger partial charge in [-0.2, -0.15) is 0 Å². The van der Waals surface area contributed by atoms with Gasteiger partial charge in [0, 0.05) is 42.9 Å². The summed E-state index contributed by atoms with van der Waals surface area (Å²) in [4.78, 5) is 29.9. The van der Waals surface area contributed by atoms with E-state index < -0.39 is 0 Å². The van der Waals surface area contributed by atoms with Crippen LogP contribution in [0.25, 0.3) is 11.5 Å². The maximum absolute atomic E-state index is 12.7. The summed E-state index contributed by atoms with van der Waals surface area (Å²) in [6.07, 6.45) is 1.19. The van der Waals surface area contributed by atoms with Crippen LogP contribution in [0.5, 0.6) is 0 Å². The average molecular weight is 455 g/mol. The van der Waals surface area contributed by atoms with E-state index >= 15 is 0 Å². The lowest BCUT2D eigenvalue weighted by atomic mass is 9.79. The number of carbonyl (C=O) groups is 1. The van der Waals surface area contributed by atoms with E-state index in [1.807, 2.05) is 54.0 Å². The largest absolute Gasteiger partial charge is 0.441 e. The number of pyridine rings is 1. The van der Waals surface area contributed by atoms with Crippen molar-refractivity contribution in [3.8, 4) is 11.5 Å². The van der Waals surface area contributed by atoms with Gasteiger partial charge in [-0.05, 0) is 37.5 Å². The third kappa shape index (κ3) is 4.23. The summed E-state index contributed by atoms with van der Waals surface area (Å²) >= 11 is 0. The standard InChI is InChI=1S/C24H26N4O3.ClH/c1-15-19(27-24(31-15)16-6-3-2-4-7-16)11-22(29)26-14-21-18-10-17(12-25-13-18)20-8-5-9-23(30)28(20)21;/h2-9,17-18,21,25H,10-14H2,1H3,(H,26,29);1H/t17-,18+,21+;/m1./s1. The van der Waals surface area contributed by atoms with Crippen LogP contribution in [0.15, 0.2) is 57.7 Å². The molecule has 3 atom stereocenters. The number of oxazole rings is 1. The molecule has 2 aromatic heterocycles. The highest BCUT2D eigenvalue weighted by molar-refractivity contribution is 5.85. The summed E-state index contributed by atoms with van der Waals surface area (Å²) in [6.45, 7) is 4.01. The molecule has 2 aliphatic rings. The van der Waals surface area contributed by atoms with Gasteiger partial charge in [-0.1, -0.05) is 24.3 Å². The quantitative estimate of drug-likeness (QED) is 0.618. The Balaban J connectivity index is 0.00000245. The summed E-state index contributed by atoms with van der Waals surface area (Å²) in [6, 6.07) is 15.1. The molecule has 1 amide bonds. The van der Waals surface area contributed by atoms with Gasteiger partial charge in [-0.25, -0.2) is 4.98 Å². The maximum Gasteiger partial charge on any atom is 0.251 e. The number of hydrogen-bond acceptors (Lipinski definition) is 5. The number of piperidine rings is 1. The number of hydrogen-bond donors (Lipinski definition) is 2. The topological polar surface area (TPSA) is 89.2 Å². The Morgan fingerprint density at radius 3 is 2.81 bits per heavy atom. The van der Waals surface area contributed by atoms with E-state index in [9.17, 15) is 9.59 Å². The predicted octanol–water partition coefficient (Wildman–Crippen LogP) is 2.84. The minimum Gasteiger partial charge on any atom is -0.441 e. The van der Waals surface area contributed by atoms with E-state index in [2.05, 4.69) is 15.6 Å². The molecular formula is C24H27ClN4O3. The number of nitrogens with zero attached hydrogens (tertiary/aromatic N) is 2. The van der Waals surface area contributed by atoms with Crippen molar-refractivity contribution < 1.29 is 9.21 Å². The minimum absolute atomic E-state index is 0. The third-order valence-corrected chi connectivity index (χ3v) is 6.45. The summed E-state index contributed by atoms with van der Waals surface area (Å²) in [5.74, 6) is 1.73. The zero-order valence-electron chi connectivity index (χ0n) is 17.9. The molecule has 2 N–H and O–H groups in total. The first-order chi connectivity index (χ1) is 15.1. The van der Waals surface area contributed by atoms with E-state index in [1.165, 1.54) is 0 Å². The van der Waals surface area contributed by atoms with Gasteiger partial charge < -0.3 is 19.6 Å². The molecule has 32 heavy (non-hydrogen) atoms. The Morgan fingerprint density at radius 2 is 2.00 bits per heavy atom. The van der Waals surface area contributed by atoms with Gasteiger partial charge in [-0.15, -0.1) is 12.4 Å². The Labute approximate surface area is 192 Å². The third-order valence-electron chi connectivity index (χ3n) is 6.45. The molecule has 0 unspecified atom stereocenters. The van der Waals surface area contributed by atoms with Crippen molar-refractivity contribution in [3.63, 3.8) is 0 Å². The van der Waals surface area contributed by atoms with Crippen molar-refractivity contribution in [1.29, 1.82) is 0 Å². The average Bonchev–Trinajstić information content (AvgIpc) is 3.15. The first kappa shape index (κ1) is 22.3. The molecular weight excluding hydrogens is 428 g/mol. The fraction of sp³-hybridized carbons (Fsp3) is 0.375. The van der Waals surface area contributed by atoms with E-state index in [0.717, 1.165) is 30.8 Å². The normalized spacial score (nSPS) is 21.3. The van der Waals surface area contributed by atoms with Gasteiger partial charge in [0.05, 0.1) is 18.2 Å². The van der Waals surface area contributed by atoms with E-state index in [0.29, 0.717) is 35.7 Å². The Kier molecular flexibility index (Phi) is 6.48. The first-order valence-corrected chi connectivity index (χ1v) is 10.8. The highest BCUT2D eigenvalue weighted by Gasteiger charge is 2.37. The number of carbonyl (C=O) groups excluding carboxylic acids is 1. The van der Waals surface area contributed by atoms with Crippen molar-refractivity contribution in [1.82, 2.24) is 20.2 Å². The van der Waals surface area contributed by atoms with Gasteiger partial charge in [0.1, 0.15) is 5.76 Å². The summed E-state index contributed by atoms with van der Waals surface area (Å²) in [5, 5.41) is 6.52. The van der Waals surface area contributed by atoms with Gasteiger partial charge in [0.15, 0.2) is 0 Å². The van der Waals surface area contributed by atoms with Crippen molar-refractivity contribution in [2.75, 3.05) is 19.6 Å². The second-order valence-electron chi connectivity index (χ2n) is 8.45. The molecule has 0 saturated carbocycles. The number of benzene rings is 1. The van der Waals surface area contributed by atoms with E-state index in [1.54, 1.807) is 6.07 Å². The number of amides is 1. The summed E-state index contributed by atoms with van der Waals surface area (Å²) in [7, 11) is 0. The monoisotopic (exact) mass is 454 g/mol. The number of aryl methyl sites for hydroxylation is 1. The fourth-order valence-corrected chi connectivity index (χ4v) is 4.90. The number of rotatable bonds is 5. The van der Waals surface area contributed by atoms with Gasteiger partial charge in [0.2, 0.25) is 11.8 Å². The molecule has 0 radical (unpaired) electrons. The van der Waals surface area contributed by atoms with Crippen LogP contribution in [0.1, 0.15) is 35.5 Å². The molecule has 1 fully saturated rings. The van der Waals surface area contributed by atoms with Crippen LogP contribution in [-0.4, -0.2) is 35.1 Å². The summed E-state index contributed by atoms with van der Waals surface area (Å²) in [5.41, 5.74) is 2.59. The highest BCUT2D eigenvalue weighted by atomic mass is 35.5. The number of halogens is 1. The zero-order chi connectivity index (χ0) is 21.4. The lowest BCUT2D eigenvalue weighted by Crippen LogP contribution is -2.50. The molecule has 1 aromatic carbocycles. The van der Waals surface area contributed by atoms with E-state index in [4.69, 9.17) is 4.42 Å². The van der Waals surface area contributed by atoms with Gasteiger partial charge in [0.25, 0.3) is 5.56 Å². The zero-order valence-corrected chi connectivity index (χ0v) is 18.7. The predicted molar refractivity (Wildman–Crippen MR) is 124 cm³/mol. The molecule has 0 spiro atoms. The van der Waals surface area contributed by atoms with Gasteiger partial charge in [-0.3, -0.25) is 9.59 Å². The molecule has 5 rings (SSSR count). The van der Waals surface area contributed by atoms with Gasteiger partial charge >= 0.3 is 0 Å². The minimum atomic E-state index is -0.118. The van der Waals surface area contributed by atoms with Crippen LogP contribution in [0, 0.1) is 12.8 Å². The molecule has 8 heteroatoms. The SMILES string of the molecule is Cc1oc(-c2ccccc2)nc1CC(=O)NC[C@H]1[C@@H]2CNC[C@@H](C2)c2cccc(=O)n21.Cl. The first-order valence-electron chi connectivity index (χ1n) is 10.8. The Hall–Kier alpha value is -2.90. The van der Waals surface area contributed by atoms with Crippen LogP contribution in [0.2, 0.25) is 0 Å². The number of fused-ring (bicyclic) bond motifs is 4.